The summed E-state index contributed by atoms with van der Waals surface area (Å²) in [5.74, 6) is 0. The molecule has 0 amide bonds. The number of aliphatic hydroxyl groups excluding tert-OH is 1. The molecule has 0 unspecified atom stereocenters. The summed E-state index contributed by atoms with van der Waals surface area (Å²) >= 11 is 0. The summed E-state index contributed by atoms with van der Waals surface area (Å²) in [5, 5.41) is 10.2. The molecule has 29 heavy (non-hydrogen) atoms. The van der Waals surface area contributed by atoms with Gasteiger partial charge in [0.05, 0.1) is 0 Å². The molecular weight excluding hydrogens is 435 g/mol. The molecule has 0 saturated heterocycles. The molecule has 0 bridgehead atoms. The van der Waals surface area contributed by atoms with Crippen molar-refractivity contribution in [1.29, 1.82) is 0 Å². The van der Waals surface area contributed by atoms with Crippen molar-refractivity contribution in [1.82, 2.24) is 0 Å². The predicted molar refractivity (Wildman–Crippen MR) is 114 cm³/mol. The first kappa shape index (κ1) is 30.5. The van der Waals surface area contributed by atoms with Crippen molar-refractivity contribution < 1.29 is 51.6 Å². The topological polar surface area (TPSA) is 20.2 Å². The normalized spacial score (nSPS) is 10.1. The molecule has 0 heterocycles. The van der Waals surface area contributed by atoms with E-state index in [2.05, 4.69) is 82.3 Å². The molecule has 0 atom stereocenters. The SMILES string of the molecule is CCCCc1cc2c(-c3ccc(C(C)(C)C)cc3)cccc2[cH-]1.C[CH-]O.[Cl-].[Cl-].[Ti+4]. The number of aryl methyl sites for hydroxylation is 1. The standard InChI is InChI=1S/C23H27.C2H5O.2ClH.Ti/c1-5-6-8-17-15-19-9-7-10-21(22(19)16-17)18-11-13-20(14-12-18)23(2,3)4;1-2-3;;;/h7,9-16H,5-6,8H2,1-4H3;2-3H,1H3;2*1H;/q2*-1;;;+4/p-2. The van der Waals surface area contributed by atoms with Gasteiger partial charge in [-0.15, -0.1) is 34.5 Å². The van der Waals surface area contributed by atoms with Crippen molar-refractivity contribution in [2.45, 2.75) is 59.3 Å². The van der Waals surface area contributed by atoms with Crippen LogP contribution in [-0.2, 0) is 33.6 Å². The van der Waals surface area contributed by atoms with E-state index in [1.54, 1.807) is 6.92 Å². The first-order valence-electron chi connectivity index (χ1n) is 9.62. The van der Waals surface area contributed by atoms with Crippen LogP contribution in [0.1, 0.15) is 58.6 Å². The Bertz CT molecular complexity index is 817. The van der Waals surface area contributed by atoms with E-state index in [9.17, 15) is 0 Å². The summed E-state index contributed by atoms with van der Waals surface area (Å²) in [5.41, 5.74) is 5.74. The Morgan fingerprint density at radius 2 is 1.59 bits per heavy atom. The zero-order valence-electron chi connectivity index (χ0n) is 18.1. The number of halogens is 2. The van der Waals surface area contributed by atoms with Gasteiger partial charge in [0.2, 0.25) is 0 Å². The van der Waals surface area contributed by atoms with Crippen molar-refractivity contribution >= 4 is 10.8 Å². The first-order chi connectivity index (χ1) is 12.4. The molecule has 0 radical (unpaired) electrons. The van der Waals surface area contributed by atoms with Crippen LogP contribution >= 0.6 is 0 Å². The van der Waals surface area contributed by atoms with Crippen LogP contribution in [0.25, 0.3) is 21.9 Å². The fourth-order valence-corrected chi connectivity index (χ4v) is 3.22. The maximum absolute atomic E-state index is 7.44. The molecule has 3 rings (SSSR count). The Hall–Kier alpha value is -0.696. The smallest absolute Gasteiger partial charge is 1.00 e. The summed E-state index contributed by atoms with van der Waals surface area (Å²) in [6, 6.07) is 20.5. The molecule has 3 aromatic rings. The number of hydrogen-bond donors (Lipinski definition) is 1. The molecule has 0 fully saturated rings. The average molecular weight is 467 g/mol. The summed E-state index contributed by atoms with van der Waals surface area (Å²) in [7, 11) is 0. The van der Waals surface area contributed by atoms with Crippen LogP contribution in [0.2, 0.25) is 0 Å². The van der Waals surface area contributed by atoms with Crippen LogP contribution in [0.4, 0.5) is 0 Å². The third kappa shape index (κ3) is 8.52. The molecule has 1 nitrogen and oxygen atoms in total. The molecule has 0 aliphatic heterocycles. The Morgan fingerprint density at radius 1 is 1.00 bits per heavy atom. The van der Waals surface area contributed by atoms with Gasteiger partial charge in [0.15, 0.2) is 0 Å². The Labute approximate surface area is 204 Å². The summed E-state index contributed by atoms with van der Waals surface area (Å²) < 4.78 is 0. The minimum atomic E-state index is 0. The van der Waals surface area contributed by atoms with E-state index in [4.69, 9.17) is 5.11 Å². The molecule has 0 aliphatic rings. The number of hydrogen-bond acceptors (Lipinski definition) is 1. The summed E-state index contributed by atoms with van der Waals surface area (Å²) in [6.07, 6.45) is 3.71. The van der Waals surface area contributed by atoms with Gasteiger partial charge < -0.3 is 29.9 Å². The Balaban J connectivity index is 0. The molecule has 4 heteroatoms. The minimum absolute atomic E-state index is 0. The number of rotatable bonds is 4. The van der Waals surface area contributed by atoms with Crippen LogP contribution in [0, 0.1) is 6.61 Å². The van der Waals surface area contributed by atoms with E-state index >= 15 is 0 Å². The van der Waals surface area contributed by atoms with Gasteiger partial charge in [0.25, 0.3) is 0 Å². The third-order valence-corrected chi connectivity index (χ3v) is 4.69. The molecule has 0 saturated carbocycles. The zero-order chi connectivity index (χ0) is 19.2. The molecule has 0 aromatic heterocycles. The molecular formula is C25H32Cl2OTi. The van der Waals surface area contributed by atoms with Crippen LogP contribution in [-0.4, -0.2) is 5.11 Å². The van der Waals surface area contributed by atoms with Crippen molar-refractivity contribution in [3.63, 3.8) is 0 Å². The van der Waals surface area contributed by atoms with Crippen molar-refractivity contribution in [2.75, 3.05) is 0 Å². The van der Waals surface area contributed by atoms with Crippen molar-refractivity contribution in [3.8, 4) is 11.1 Å². The van der Waals surface area contributed by atoms with Gasteiger partial charge in [-0.3, -0.25) is 0 Å². The fraction of sp³-hybridized carbons (Fsp3) is 0.360. The molecule has 156 valence electrons. The second-order valence-corrected chi connectivity index (χ2v) is 7.86. The minimum Gasteiger partial charge on any atom is -1.00 e. The van der Waals surface area contributed by atoms with E-state index < -0.39 is 0 Å². The molecule has 0 spiro atoms. The molecule has 0 aliphatic carbocycles. The monoisotopic (exact) mass is 466 g/mol. The van der Waals surface area contributed by atoms with Gasteiger partial charge >= 0.3 is 21.7 Å². The second-order valence-electron chi connectivity index (χ2n) is 7.86. The van der Waals surface area contributed by atoms with Gasteiger partial charge in [-0.2, -0.15) is 13.0 Å². The first-order valence-corrected chi connectivity index (χ1v) is 9.62. The van der Waals surface area contributed by atoms with Gasteiger partial charge in [0, 0.05) is 0 Å². The summed E-state index contributed by atoms with van der Waals surface area (Å²) in [4.78, 5) is 0. The van der Waals surface area contributed by atoms with E-state index in [1.807, 2.05) is 0 Å². The van der Waals surface area contributed by atoms with Gasteiger partial charge in [-0.1, -0.05) is 76.4 Å². The van der Waals surface area contributed by atoms with Crippen molar-refractivity contribution in [3.05, 3.63) is 72.3 Å². The van der Waals surface area contributed by atoms with Crippen molar-refractivity contribution in [2.24, 2.45) is 0 Å². The number of unbranched alkanes of at least 4 members (excludes halogenated alkanes) is 1. The maximum atomic E-state index is 7.44. The quantitative estimate of drug-likeness (QED) is 0.455. The molecule has 1 N–H and O–H groups in total. The second kappa shape index (κ2) is 14.3. The largest absolute Gasteiger partial charge is 4.00 e. The predicted octanol–water partition coefficient (Wildman–Crippen LogP) is 1.41. The van der Waals surface area contributed by atoms with E-state index in [1.165, 1.54) is 52.3 Å². The number of fused-ring (bicyclic) bond motifs is 1. The van der Waals surface area contributed by atoms with Crippen LogP contribution in [0.5, 0.6) is 0 Å². The number of aliphatic hydroxyl groups is 1. The Kier molecular flexibility index (Phi) is 15.1. The van der Waals surface area contributed by atoms with E-state index in [0.717, 1.165) is 6.61 Å². The zero-order valence-corrected chi connectivity index (χ0v) is 21.2. The van der Waals surface area contributed by atoms with E-state index in [-0.39, 0.29) is 51.9 Å². The maximum Gasteiger partial charge on any atom is 4.00 e. The Morgan fingerprint density at radius 3 is 2.10 bits per heavy atom. The van der Waals surface area contributed by atoms with Crippen LogP contribution in [0.3, 0.4) is 0 Å². The fourth-order valence-electron chi connectivity index (χ4n) is 3.22. The van der Waals surface area contributed by atoms with Gasteiger partial charge in [0.1, 0.15) is 0 Å². The van der Waals surface area contributed by atoms with E-state index in [0.29, 0.717) is 0 Å². The van der Waals surface area contributed by atoms with Crippen LogP contribution in [0.15, 0.2) is 54.6 Å². The van der Waals surface area contributed by atoms with Gasteiger partial charge in [-0.05, 0) is 23.0 Å². The van der Waals surface area contributed by atoms with Gasteiger partial charge in [-0.25, -0.2) is 6.61 Å². The van der Waals surface area contributed by atoms with Crippen LogP contribution < -0.4 is 24.8 Å². The summed E-state index contributed by atoms with van der Waals surface area (Å²) in [6.45, 7) is 11.6. The average Bonchev–Trinajstić information content (AvgIpc) is 3.03. The third-order valence-electron chi connectivity index (χ3n) is 4.69. The number of benzene rings is 2. The molecule has 3 aromatic carbocycles.